The van der Waals surface area contributed by atoms with Crippen LogP contribution in [-0.2, 0) is 33.2 Å². The van der Waals surface area contributed by atoms with E-state index in [9.17, 15) is 61.0 Å². The van der Waals surface area contributed by atoms with Crippen LogP contribution in [0.3, 0.4) is 0 Å². The first kappa shape index (κ1) is 78.0. The van der Waals surface area contributed by atoms with Gasteiger partial charge in [0, 0.05) is 6.42 Å². The molecular formula is C67H121NO18. The standard InChI is InChI=1S/C67H121NO18/c1-3-5-7-9-11-13-15-17-19-20-21-22-23-24-25-26-27-28-29-31-32-34-36-38-40-42-44-51(72)50(68-55(73)45-43-41-39-37-35-33-30-18-16-14-12-10-8-6-4-2)49-81-65-61(79)58(76)63(53(47-70)83-65)86-67-62(80)59(77)64(54(48-71)84-67)85-66-60(78)57(75)56(74)52(46-69)82-66/h6,8,12,14,18,30,35,37,50-54,56-67,69-72,74-80H,3-5,7,9-11,13,15-17,19-29,31-34,36,38-49H2,1-2H3,(H,68,73)/b8-6-,14-12-,30-18-,37-35-. The van der Waals surface area contributed by atoms with Crippen LogP contribution in [0.5, 0.6) is 0 Å². The maximum atomic E-state index is 13.4. The highest BCUT2D eigenvalue weighted by atomic mass is 16.8. The average molecular weight is 1230 g/mol. The Balaban J connectivity index is 1.43. The lowest BCUT2D eigenvalue weighted by Gasteiger charge is -2.48. The van der Waals surface area contributed by atoms with Gasteiger partial charge in [0.1, 0.15) is 73.2 Å². The van der Waals surface area contributed by atoms with E-state index in [0.29, 0.717) is 12.8 Å². The molecule has 19 heteroatoms. The number of allylic oxidation sites excluding steroid dienone is 8. The Kier molecular flexibility index (Phi) is 44.8. The van der Waals surface area contributed by atoms with Crippen molar-refractivity contribution in [2.75, 3.05) is 26.4 Å². The van der Waals surface area contributed by atoms with E-state index in [1.807, 2.05) is 0 Å². The fourth-order valence-corrected chi connectivity index (χ4v) is 11.4. The van der Waals surface area contributed by atoms with Gasteiger partial charge in [-0.25, -0.2) is 0 Å². The predicted octanol–water partition coefficient (Wildman–Crippen LogP) is 8.22. The Morgan fingerprint density at radius 3 is 1.23 bits per heavy atom. The molecule has 0 saturated carbocycles. The molecule has 0 aromatic rings. The maximum absolute atomic E-state index is 13.4. The zero-order valence-corrected chi connectivity index (χ0v) is 52.8. The molecule has 17 atom stereocenters. The third kappa shape index (κ3) is 31.7. The quantitative estimate of drug-likeness (QED) is 0.0202. The zero-order chi connectivity index (χ0) is 62.6. The molecule has 12 N–H and O–H groups in total. The molecule has 1 amide bonds. The van der Waals surface area contributed by atoms with Crippen LogP contribution < -0.4 is 5.32 Å². The summed E-state index contributed by atoms with van der Waals surface area (Å²) in [6.07, 6.45) is 30.6. The molecule has 17 unspecified atom stereocenters. The van der Waals surface area contributed by atoms with Crippen molar-refractivity contribution >= 4 is 5.91 Å². The summed E-state index contributed by atoms with van der Waals surface area (Å²) in [4.78, 5) is 13.4. The van der Waals surface area contributed by atoms with Gasteiger partial charge in [0.25, 0.3) is 0 Å². The lowest BCUT2D eigenvalue weighted by atomic mass is 9.96. The lowest BCUT2D eigenvalue weighted by Crippen LogP contribution is -2.66. The van der Waals surface area contributed by atoms with Crippen molar-refractivity contribution in [3.05, 3.63) is 48.6 Å². The topological polar surface area (TPSA) is 307 Å². The summed E-state index contributed by atoms with van der Waals surface area (Å²) in [6.45, 7) is 1.66. The van der Waals surface area contributed by atoms with Crippen molar-refractivity contribution < 1.29 is 89.4 Å². The summed E-state index contributed by atoms with van der Waals surface area (Å²) in [7, 11) is 0. The highest BCUT2D eigenvalue weighted by molar-refractivity contribution is 5.76. The number of amides is 1. The first-order chi connectivity index (χ1) is 41.8. The van der Waals surface area contributed by atoms with Crippen LogP contribution >= 0.6 is 0 Å². The molecule has 0 radical (unpaired) electrons. The van der Waals surface area contributed by atoms with E-state index in [0.717, 1.165) is 64.2 Å². The molecule has 0 aromatic carbocycles. The molecule has 3 fully saturated rings. The Labute approximate surface area is 516 Å². The number of aliphatic hydroxyl groups excluding tert-OH is 11. The van der Waals surface area contributed by atoms with E-state index in [1.165, 1.54) is 141 Å². The molecule has 3 rings (SSSR count). The van der Waals surface area contributed by atoms with Crippen molar-refractivity contribution in [1.82, 2.24) is 5.32 Å². The fraction of sp³-hybridized carbons (Fsp3) is 0.866. The number of rotatable bonds is 51. The van der Waals surface area contributed by atoms with Crippen molar-refractivity contribution in [3.8, 4) is 0 Å². The van der Waals surface area contributed by atoms with E-state index in [4.69, 9.17) is 28.4 Å². The van der Waals surface area contributed by atoms with Gasteiger partial charge in [-0.1, -0.05) is 229 Å². The number of ether oxygens (including phenoxy) is 6. The zero-order valence-electron chi connectivity index (χ0n) is 52.8. The second-order valence-electron chi connectivity index (χ2n) is 24.3. The minimum Gasteiger partial charge on any atom is -0.394 e. The average Bonchev–Trinajstić information content (AvgIpc) is 2.24. The number of aliphatic hydroxyl groups is 11. The predicted molar refractivity (Wildman–Crippen MR) is 332 cm³/mol. The molecule has 3 heterocycles. The highest BCUT2D eigenvalue weighted by Gasteiger charge is 2.53. The van der Waals surface area contributed by atoms with Gasteiger partial charge in [0.2, 0.25) is 5.91 Å². The highest BCUT2D eigenvalue weighted by Crippen LogP contribution is 2.33. The Bertz CT molecular complexity index is 1750. The fourth-order valence-electron chi connectivity index (χ4n) is 11.4. The van der Waals surface area contributed by atoms with Crippen molar-refractivity contribution in [1.29, 1.82) is 0 Å². The number of hydrogen-bond donors (Lipinski definition) is 12. The third-order valence-electron chi connectivity index (χ3n) is 16.9. The maximum Gasteiger partial charge on any atom is 0.220 e. The number of unbranched alkanes of at least 4 members (excludes halogenated alkanes) is 27. The smallest absolute Gasteiger partial charge is 0.220 e. The summed E-state index contributed by atoms with van der Waals surface area (Å²) >= 11 is 0. The van der Waals surface area contributed by atoms with E-state index in [-0.39, 0.29) is 18.9 Å². The van der Waals surface area contributed by atoms with Crippen LogP contribution in [-0.4, -0.2) is 193 Å². The first-order valence-electron chi connectivity index (χ1n) is 33.9. The second kappa shape index (κ2) is 49.5. The van der Waals surface area contributed by atoms with E-state index < -0.39 is 124 Å². The van der Waals surface area contributed by atoms with Gasteiger partial charge >= 0.3 is 0 Å². The number of nitrogens with one attached hydrogen (secondary N) is 1. The molecule has 3 aliphatic heterocycles. The molecule has 502 valence electrons. The van der Waals surface area contributed by atoms with Crippen LogP contribution in [0, 0.1) is 0 Å². The van der Waals surface area contributed by atoms with E-state index >= 15 is 0 Å². The first-order valence-corrected chi connectivity index (χ1v) is 33.9. The summed E-state index contributed by atoms with van der Waals surface area (Å²) < 4.78 is 34.4. The van der Waals surface area contributed by atoms with Crippen LogP contribution in [0.25, 0.3) is 0 Å². The molecule has 0 aromatic heterocycles. The van der Waals surface area contributed by atoms with Gasteiger partial charge in [0.15, 0.2) is 18.9 Å². The molecule has 3 saturated heterocycles. The van der Waals surface area contributed by atoms with Crippen LogP contribution in [0.2, 0.25) is 0 Å². The summed E-state index contributed by atoms with van der Waals surface area (Å²) in [5.41, 5.74) is 0. The largest absolute Gasteiger partial charge is 0.394 e. The third-order valence-corrected chi connectivity index (χ3v) is 16.9. The van der Waals surface area contributed by atoms with Gasteiger partial charge in [-0.05, 0) is 51.4 Å². The monoisotopic (exact) mass is 1230 g/mol. The molecular weight excluding hydrogens is 1110 g/mol. The normalized spacial score (nSPS) is 29.1. The number of carbonyl (C=O) groups excluding carboxylic acids is 1. The van der Waals surface area contributed by atoms with E-state index in [2.05, 4.69) is 67.8 Å². The SMILES string of the molecule is CC/C=C\C/C=C\C/C=C\C/C=C\CCCCC(=O)NC(COC1OC(CO)C(OC2OC(CO)C(OC3OC(CO)C(O)C(O)C3O)C(O)C2O)C(O)C1O)C(O)CCCCCCCCCCCCCCCCCCCCCCCCCCCC. The van der Waals surface area contributed by atoms with Crippen LogP contribution in [0.4, 0.5) is 0 Å². The van der Waals surface area contributed by atoms with Gasteiger partial charge in [-0.3, -0.25) is 4.79 Å². The summed E-state index contributed by atoms with van der Waals surface area (Å²) in [5, 5.41) is 121. The Morgan fingerprint density at radius 2 is 0.802 bits per heavy atom. The lowest BCUT2D eigenvalue weighted by molar-refractivity contribution is -0.379. The summed E-state index contributed by atoms with van der Waals surface area (Å²) in [6, 6.07) is -0.911. The van der Waals surface area contributed by atoms with Crippen LogP contribution in [0.1, 0.15) is 239 Å². The van der Waals surface area contributed by atoms with E-state index in [1.54, 1.807) is 0 Å². The van der Waals surface area contributed by atoms with Crippen molar-refractivity contribution in [2.45, 2.75) is 343 Å². The van der Waals surface area contributed by atoms with Gasteiger partial charge in [-0.15, -0.1) is 0 Å². The van der Waals surface area contributed by atoms with Gasteiger partial charge in [-0.2, -0.15) is 0 Å². The number of carbonyl (C=O) groups is 1. The van der Waals surface area contributed by atoms with Crippen molar-refractivity contribution in [2.24, 2.45) is 0 Å². The minimum absolute atomic E-state index is 0.213. The minimum atomic E-state index is -1.98. The van der Waals surface area contributed by atoms with Crippen LogP contribution in [0.15, 0.2) is 48.6 Å². The van der Waals surface area contributed by atoms with Crippen molar-refractivity contribution in [3.63, 3.8) is 0 Å². The Morgan fingerprint density at radius 1 is 0.430 bits per heavy atom. The second-order valence-corrected chi connectivity index (χ2v) is 24.3. The van der Waals surface area contributed by atoms with Gasteiger partial charge in [0.05, 0.1) is 38.6 Å². The molecule has 3 aliphatic rings. The Hall–Kier alpha value is -2.25. The number of hydrogen-bond acceptors (Lipinski definition) is 18. The summed E-state index contributed by atoms with van der Waals surface area (Å²) in [5.74, 6) is -0.282. The molecule has 86 heavy (non-hydrogen) atoms. The molecule has 19 nitrogen and oxygen atoms in total. The molecule has 0 spiro atoms. The van der Waals surface area contributed by atoms with Gasteiger partial charge < -0.3 is 89.9 Å². The molecule has 0 bridgehead atoms. The molecule has 0 aliphatic carbocycles.